The first-order chi connectivity index (χ1) is 5.99. The highest BCUT2D eigenvalue weighted by Gasteiger charge is 2.04. The third-order valence-corrected chi connectivity index (χ3v) is 2.20. The van der Waals surface area contributed by atoms with Crippen LogP contribution in [0.4, 0.5) is 0 Å². The van der Waals surface area contributed by atoms with E-state index < -0.39 is 7.52 Å². The summed E-state index contributed by atoms with van der Waals surface area (Å²) in [5.74, 6) is 0. The summed E-state index contributed by atoms with van der Waals surface area (Å²) in [6, 6.07) is 6.98. The number of hydrogen-bond donors (Lipinski definition) is 1. The molecule has 1 aromatic rings. The van der Waals surface area contributed by atoms with E-state index in [0.717, 1.165) is 0 Å². The zero-order chi connectivity index (χ0) is 9.90. The van der Waals surface area contributed by atoms with Gasteiger partial charge in [-0.25, -0.2) is 4.76 Å². The van der Waals surface area contributed by atoms with Gasteiger partial charge in [-0.1, -0.05) is 29.8 Å². The number of halogens is 1. The predicted molar refractivity (Wildman–Crippen MR) is 54.8 cm³/mol. The van der Waals surface area contributed by atoms with E-state index >= 15 is 0 Å². The molecule has 1 unspecified atom stereocenters. The number of nitrogens with zero attached hydrogens (tertiary/aromatic N) is 1. The van der Waals surface area contributed by atoms with Crippen molar-refractivity contribution in [2.75, 3.05) is 6.66 Å². The Labute approximate surface area is 81.6 Å². The monoisotopic (exact) mass is 217 g/mol. The molecule has 0 saturated heterocycles. The molecule has 1 atom stereocenters. The van der Waals surface area contributed by atoms with Gasteiger partial charge in [0.25, 0.3) is 0 Å². The molecule has 0 aliphatic carbocycles. The molecule has 0 aliphatic rings. The first kappa shape index (κ1) is 10.5. The van der Waals surface area contributed by atoms with Crippen molar-refractivity contribution in [1.29, 1.82) is 0 Å². The summed E-state index contributed by atoms with van der Waals surface area (Å²) in [5.41, 5.74) is 0.639. The van der Waals surface area contributed by atoms with Gasteiger partial charge < -0.3 is 4.89 Å². The molecule has 0 amide bonds. The topological polar surface area (TPSA) is 49.7 Å². The third kappa shape index (κ3) is 3.73. The van der Waals surface area contributed by atoms with E-state index in [0.29, 0.717) is 10.6 Å². The molecule has 0 spiro atoms. The molecule has 70 valence electrons. The summed E-state index contributed by atoms with van der Waals surface area (Å²) in [7, 11) is -3.34. The Balaban J connectivity index is 2.93. The molecule has 1 rings (SSSR count). The minimum Gasteiger partial charge on any atom is -0.328 e. The van der Waals surface area contributed by atoms with Gasteiger partial charge in [-0.3, -0.25) is 4.57 Å². The van der Waals surface area contributed by atoms with E-state index in [1.807, 2.05) is 0 Å². The molecule has 0 aliphatic heterocycles. The van der Waals surface area contributed by atoms with Gasteiger partial charge in [-0.15, -0.1) is 0 Å². The second kappa shape index (κ2) is 4.05. The van der Waals surface area contributed by atoms with E-state index in [1.165, 1.54) is 12.9 Å². The molecule has 5 heteroatoms. The van der Waals surface area contributed by atoms with Crippen LogP contribution in [0.25, 0.3) is 0 Å². The molecular weight excluding hydrogens is 209 g/mol. The Hall–Kier alpha value is -0.630. The molecule has 1 N–H and O–H groups in total. The van der Waals surface area contributed by atoms with E-state index in [9.17, 15) is 4.57 Å². The number of rotatable bonds is 2. The number of hydrogen-bond acceptors (Lipinski definition) is 1. The average molecular weight is 218 g/mol. The van der Waals surface area contributed by atoms with Crippen LogP contribution in [-0.2, 0) is 4.57 Å². The average Bonchev–Trinajstić information content (AvgIpc) is 2.01. The van der Waals surface area contributed by atoms with Crippen LogP contribution in [0.2, 0.25) is 5.02 Å². The summed E-state index contributed by atoms with van der Waals surface area (Å²) in [5, 5.41) is 0.514. The third-order valence-electron chi connectivity index (χ3n) is 1.32. The van der Waals surface area contributed by atoms with Crippen molar-refractivity contribution in [3.63, 3.8) is 0 Å². The fraction of sp³-hybridized carbons (Fsp3) is 0.125. The highest BCUT2D eigenvalue weighted by Crippen LogP contribution is 2.36. The summed E-state index contributed by atoms with van der Waals surface area (Å²) < 4.78 is 14.3. The van der Waals surface area contributed by atoms with Gasteiger partial charge in [0.1, 0.15) is 0 Å². The van der Waals surface area contributed by atoms with Crippen molar-refractivity contribution in [1.82, 2.24) is 0 Å². The van der Waals surface area contributed by atoms with Crippen LogP contribution < -0.4 is 0 Å². The maximum absolute atomic E-state index is 10.8. The Morgan fingerprint density at radius 2 is 2.15 bits per heavy atom. The summed E-state index contributed by atoms with van der Waals surface area (Å²) >= 11 is 5.79. The van der Waals surface area contributed by atoms with Crippen LogP contribution in [0, 0.1) is 0 Å². The van der Waals surface area contributed by atoms with Crippen molar-refractivity contribution in [3.8, 4) is 0 Å². The molecule has 0 saturated carbocycles. The van der Waals surface area contributed by atoms with Crippen LogP contribution in [0.5, 0.6) is 0 Å². The van der Waals surface area contributed by atoms with Crippen molar-refractivity contribution in [2.45, 2.75) is 0 Å². The SMILES string of the molecule is CP(=O)(O)N=Cc1ccccc1Cl. The minimum atomic E-state index is -3.34. The fourth-order valence-corrected chi connectivity index (χ4v) is 1.27. The van der Waals surface area contributed by atoms with Crippen molar-refractivity contribution >= 4 is 25.3 Å². The fourth-order valence-electron chi connectivity index (χ4n) is 0.749. The van der Waals surface area contributed by atoms with Gasteiger partial charge in [0.05, 0.1) is 0 Å². The van der Waals surface area contributed by atoms with E-state index in [4.69, 9.17) is 16.5 Å². The first-order valence-electron chi connectivity index (χ1n) is 3.59. The van der Waals surface area contributed by atoms with Gasteiger partial charge in [-0.2, -0.15) is 0 Å². The normalized spacial score (nSPS) is 15.9. The molecule has 0 radical (unpaired) electrons. The highest BCUT2D eigenvalue weighted by atomic mass is 35.5. The summed E-state index contributed by atoms with van der Waals surface area (Å²) in [6.45, 7) is 1.17. The molecule has 13 heavy (non-hydrogen) atoms. The van der Waals surface area contributed by atoms with E-state index in [1.54, 1.807) is 24.3 Å². The summed E-state index contributed by atoms with van der Waals surface area (Å²) in [4.78, 5) is 8.88. The number of benzene rings is 1. The second-order valence-electron chi connectivity index (χ2n) is 2.60. The Bertz CT molecular complexity index is 372. The molecule has 0 fully saturated rings. The zero-order valence-electron chi connectivity index (χ0n) is 7.01. The standard InChI is InChI=1S/C8H9ClNO2P/c1-13(11,12)10-6-7-4-2-3-5-8(7)9/h2-6H,1H3,(H,11,12). The Morgan fingerprint density at radius 1 is 1.54 bits per heavy atom. The molecule has 0 heterocycles. The lowest BCUT2D eigenvalue weighted by Gasteiger charge is -1.97. The van der Waals surface area contributed by atoms with Gasteiger partial charge in [-0.05, 0) is 6.07 Å². The predicted octanol–water partition coefficient (Wildman–Crippen LogP) is 2.57. The van der Waals surface area contributed by atoms with Gasteiger partial charge in [0.2, 0.25) is 0 Å². The van der Waals surface area contributed by atoms with E-state index in [2.05, 4.69) is 4.76 Å². The molecule has 3 nitrogen and oxygen atoms in total. The van der Waals surface area contributed by atoms with Crippen LogP contribution in [0.1, 0.15) is 5.56 Å². The van der Waals surface area contributed by atoms with Crippen molar-refractivity contribution < 1.29 is 9.46 Å². The lowest BCUT2D eigenvalue weighted by atomic mass is 10.2. The van der Waals surface area contributed by atoms with Crippen molar-refractivity contribution in [3.05, 3.63) is 34.9 Å². The van der Waals surface area contributed by atoms with Crippen molar-refractivity contribution in [2.24, 2.45) is 4.76 Å². The van der Waals surface area contributed by atoms with Gasteiger partial charge >= 0.3 is 7.52 Å². The highest BCUT2D eigenvalue weighted by molar-refractivity contribution is 7.55. The minimum absolute atomic E-state index is 0.514. The Morgan fingerprint density at radius 3 is 2.69 bits per heavy atom. The lowest BCUT2D eigenvalue weighted by Crippen LogP contribution is -1.82. The van der Waals surface area contributed by atoms with Gasteiger partial charge in [0, 0.05) is 23.5 Å². The molecule has 0 aromatic heterocycles. The quantitative estimate of drug-likeness (QED) is 0.611. The molecular formula is C8H9ClNO2P. The maximum Gasteiger partial charge on any atom is 0.308 e. The second-order valence-corrected chi connectivity index (χ2v) is 4.91. The zero-order valence-corrected chi connectivity index (χ0v) is 8.66. The lowest BCUT2D eigenvalue weighted by molar-refractivity contribution is 0.487. The molecule has 0 bridgehead atoms. The largest absolute Gasteiger partial charge is 0.328 e. The summed E-state index contributed by atoms with van der Waals surface area (Å²) in [6.07, 6.45) is 1.31. The van der Waals surface area contributed by atoms with Crippen LogP contribution >= 0.6 is 19.1 Å². The van der Waals surface area contributed by atoms with Gasteiger partial charge in [0.15, 0.2) is 0 Å². The Kier molecular flexibility index (Phi) is 3.26. The van der Waals surface area contributed by atoms with E-state index in [-0.39, 0.29) is 0 Å². The maximum atomic E-state index is 10.8. The smallest absolute Gasteiger partial charge is 0.308 e. The van der Waals surface area contributed by atoms with Crippen LogP contribution in [0.3, 0.4) is 0 Å². The van der Waals surface area contributed by atoms with Crippen LogP contribution in [-0.4, -0.2) is 17.8 Å². The van der Waals surface area contributed by atoms with Crippen LogP contribution in [0.15, 0.2) is 29.0 Å². The first-order valence-corrected chi connectivity index (χ1v) is 6.03. The molecule has 1 aromatic carbocycles.